The van der Waals surface area contributed by atoms with Crippen LogP contribution >= 0.6 is 0 Å². The van der Waals surface area contributed by atoms with Crippen LogP contribution in [0.15, 0.2) is 36.7 Å². The van der Waals surface area contributed by atoms with Crippen molar-refractivity contribution in [2.75, 3.05) is 6.61 Å². The van der Waals surface area contributed by atoms with Gasteiger partial charge in [-0.2, -0.15) is 0 Å². The predicted octanol–water partition coefficient (Wildman–Crippen LogP) is 2.70. The minimum atomic E-state index is -0.535. The molecule has 0 saturated heterocycles. The van der Waals surface area contributed by atoms with Gasteiger partial charge in [-0.1, -0.05) is 12.1 Å². The molecule has 2 aromatic rings. The van der Waals surface area contributed by atoms with Crippen molar-refractivity contribution in [1.82, 2.24) is 20.2 Å². The van der Waals surface area contributed by atoms with E-state index in [1.807, 2.05) is 55.8 Å². The number of aliphatic hydroxyl groups excluding tert-OH is 1. The first-order valence-electron chi connectivity index (χ1n) is 8.73. The molecule has 0 aliphatic heterocycles. The minimum Gasteiger partial charge on any atom is -0.394 e. The van der Waals surface area contributed by atoms with Crippen LogP contribution in [-0.2, 0) is 0 Å². The molecule has 2 unspecified atom stereocenters. The van der Waals surface area contributed by atoms with E-state index < -0.39 is 5.54 Å². The van der Waals surface area contributed by atoms with E-state index in [4.69, 9.17) is 0 Å². The molecule has 0 spiro atoms. The molecule has 25 heavy (non-hydrogen) atoms. The predicted molar refractivity (Wildman–Crippen MR) is 96.6 cm³/mol. The van der Waals surface area contributed by atoms with E-state index >= 15 is 0 Å². The summed E-state index contributed by atoms with van der Waals surface area (Å²) in [6.07, 6.45) is 5.81. The molecule has 3 rings (SSSR count). The zero-order chi connectivity index (χ0) is 18.0. The second-order valence-corrected chi connectivity index (χ2v) is 7.11. The van der Waals surface area contributed by atoms with Crippen LogP contribution < -0.4 is 10.6 Å². The standard InChI is InChI=1S/C19H26N4O2/c1-13(21-18(25)22-19(3,12-24)16-6-7-16)15-4-8-17(9-5-15)23-11-10-20-14(23)2/h4-5,8-11,13,16,24H,6-7,12H2,1-3H3,(H2,21,22,25). The van der Waals surface area contributed by atoms with Gasteiger partial charge in [-0.25, -0.2) is 9.78 Å². The first-order valence-corrected chi connectivity index (χ1v) is 8.73. The molecule has 1 fully saturated rings. The lowest BCUT2D eigenvalue weighted by molar-refractivity contribution is 0.154. The number of carbonyl (C=O) groups excluding carboxylic acids is 1. The lowest BCUT2D eigenvalue weighted by Crippen LogP contribution is -2.54. The summed E-state index contributed by atoms with van der Waals surface area (Å²) in [5.74, 6) is 1.30. The minimum absolute atomic E-state index is 0.0432. The number of aliphatic hydroxyl groups is 1. The fourth-order valence-electron chi connectivity index (χ4n) is 3.14. The summed E-state index contributed by atoms with van der Waals surface area (Å²) in [6.45, 7) is 5.76. The molecule has 1 aliphatic rings. The number of aromatic nitrogens is 2. The molecule has 2 atom stereocenters. The number of nitrogens with zero attached hydrogens (tertiary/aromatic N) is 2. The van der Waals surface area contributed by atoms with Crippen LogP contribution in [0.5, 0.6) is 0 Å². The topological polar surface area (TPSA) is 79.2 Å². The number of imidazole rings is 1. The Morgan fingerprint density at radius 2 is 2.08 bits per heavy atom. The van der Waals surface area contributed by atoms with Gasteiger partial charge in [-0.3, -0.25) is 0 Å². The molecule has 1 saturated carbocycles. The molecule has 1 aromatic heterocycles. The quantitative estimate of drug-likeness (QED) is 0.755. The molecule has 1 aromatic carbocycles. The van der Waals surface area contributed by atoms with Crippen molar-refractivity contribution in [3.63, 3.8) is 0 Å². The number of hydrogen-bond donors (Lipinski definition) is 3. The monoisotopic (exact) mass is 342 g/mol. The number of nitrogens with one attached hydrogen (secondary N) is 2. The molecule has 134 valence electrons. The summed E-state index contributed by atoms with van der Waals surface area (Å²) in [7, 11) is 0. The Labute approximate surface area is 148 Å². The Kier molecular flexibility index (Phi) is 4.81. The van der Waals surface area contributed by atoms with Gasteiger partial charge >= 0.3 is 6.03 Å². The van der Waals surface area contributed by atoms with Crippen molar-refractivity contribution in [2.45, 2.75) is 45.2 Å². The summed E-state index contributed by atoms with van der Waals surface area (Å²) in [4.78, 5) is 16.5. The maximum absolute atomic E-state index is 12.3. The van der Waals surface area contributed by atoms with Crippen LogP contribution in [0.2, 0.25) is 0 Å². The average Bonchev–Trinajstić information content (AvgIpc) is 3.37. The zero-order valence-corrected chi connectivity index (χ0v) is 15.0. The fourth-order valence-corrected chi connectivity index (χ4v) is 3.14. The van der Waals surface area contributed by atoms with Crippen molar-refractivity contribution in [3.05, 3.63) is 48.0 Å². The Morgan fingerprint density at radius 3 is 2.60 bits per heavy atom. The second kappa shape index (κ2) is 6.88. The zero-order valence-electron chi connectivity index (χ0n) is 15.0. The molecule has 6 heteroatoms. The number of hydrogen-bond acceptors (Lipinski definition) is 3. The third-order valence-electron chi connectivity index (χ3n) is 5.05. The van der Waals surface area contributed by atoms with Gasteiger partial charge in [0.15, 0.2) is 0 Å². The number of urea groups is 1. The first-order chi connectivity index (χ1) is 11.9. The molecule has 0 bridgehead atoms. The van der Waals surface area contributed by atoms with E-state index in [1.54, 1.807) is 6.20 Å². The van der Waals surface area contributed by atoms with Gasteiger partial charge < -0.3 is 20.3 Å². The lowest BCUT2D eigenvalue weighted by atomic mass is 9.97. The highest BCUT2D eigenvalue weighted by Crippen LogP contribution is 2.39. The number of amides is 2. The van der Waals surface area contributed by atoms with Gasteiger partial charge in [-0.05, 0) is 57.2 Å². The highest BCUT2D eigenvalue weighted by Gasteiger charge is 2.42. The summed E-state index contributed by atoms with van der Waals surface area (Å²) < 4.78 is 2.01. The highest BCUT2D eigenvalue weighted by atomic mass is 16.3. The summed E-state index contributed by atoms with van der Waals surface area (Å²) in [6, 6.07) is 7.67. The van der Waals surface area contributed by atoms with Crippen molar-refractivity contribution >= 4 is 6.03 Å². The molecule has 1 aliphatic carbocycles. The SMILES string of the molecule is Cc1nccn1-c1ccc(C(C)NC(=O)NC(C)(CO)C2CC2)cc1. The Bertz CT molecular complexity index is 736. The molecule has 6 nitrogen and oxygen atoms in total. The van der Waals surface area contributed by atoms with Gasteiger partial charge in [-0.15, -0.1) is 0 Å². The number of aryl methyl sites for hydroxylation is 1. The van der Waals surface area contributed by atoms with E-state index in [1.165, 1.54) is 0 Å². The van der Waals surface area contributed by atoms with Crippen LogP contribution in [0, 0.1) is 12.8 Å². The molecular formula is C19H26N4O2. The van der Waals surface area contributed by atoms with Crippen molar-refractivity contribution < 1.29 is 9.90 Å². The van der Waals surface area contributed by atoms with Crippen molar-refractivity contribution in [2.24, 2.45) is 5.92 Å². The largest absolute Gasteiger partial charge is 0.394 e. The van der Waals surface area contributed by atoms with Crippen LogP contribution in [0.4, 0.5) is 4.79 Å². The summed E-state index contributed by atoms with van der Waals surface area (Å²) in [5, 5.41) is 15.5. The van der Waals surface area contributed by atoms with Gasteiger partial charge in [0.2, 0.25) is 0 Å². The van der Waals surface area contributed by atoms with Gasteiger partial charge in [0.05, 0.1) is 18.2 Å². The number of carbonyl (C=O) groups is 1. The third kappa shape index (κ3) is 3.85. The fraction of sp³-hybridized carbons (Fsp3) is 0.474. The van der Waals surface area contributed by atoms with Crippen LogP contribution in [0.3, 0.4) is 0 Å². The molecule has 1 heterocycles. The van der Waals surface area contributed by atoms with Crippen LogP contribution in [0.25, 0.3) is 5.69 Å². The maximum atomic E-state index is 12.3. The third-order valence-corrected chi connectivity index (χ3v) is 5.05. The van der Waals surface area contributed by atoms with Gasteiger partial charge in [0, 0.05) is 18.1 Å². The van der Waals surface area contributed by atoms with Crippen LogP contribution in [0.1, 0.15) is 44.1 Å². The van der Waals surface area contributed by atoms with E-state index in [2.05, 4.69) is 15.6 Å². The van der Waals surface area contributed by atoms with E-state index in [0.717, 1.165) is 29.9 Å². The number of rotatable bonds is 6. The Morgan fingerprint density at radius 1 is 1.40 bits per heavy atom. The first kappa shape index (κ1) is 17.5. The van der Waals surface area contributed by atoms with Gasteiger partial charge in [0.1, 0.15) is 5.82 Å². The van der Waals surface area contributed by atoms with Gasteiger partial charge in [0.25, 0.3) is 0 Å². The molecule has 2 amide bonds. The summed E-state index contributed by atoms with van der Waals surface area (Å²) >= 11 is 0. The summed E-state index contributed by atoms with van der Waals surface area (Å²) in [5.41, 5.74) is 1.53. The molecule has 3 N–H and O–H groups in total. The maximum Gasteiger partial charge on any atom is 0.315 e. The highest BCUT2D eigenvalue weighted by molar-refractivity contribution is 5.75. The number of benzene rings is 1. The Hall–Kier alpha value is -2.34. The van der Waals surface area contributed by atoms with Crippen molar-refractivity contribution in [3.8, 4) is 5.69 Å². The average molecular weight is 342 g/mol. The van der Waals surface area contributed by atoms with E-state index in [9.17, 15) is 9.90 Å². The normalized spacial score (nSPS) is 17.6. The Balaban J connectivity index is 1.62. The van der Waals surface area contributed by atoms with E-state index in [0.29, 0.717) is 5.92 Å². The smallest absolute Gasteiger partial charge is 0.315 e. The lowest BCUT2D eigenvalue weighted by Gasteiger charge is -2.29. The van der Waals surface area contributed by atoms with Crippen LogP contribution in [-0.4, -0.2) is 32.8 Å². The van der Waals surface area contributed by atoms with E-state index in [-0.39, 0.29) is 18.7 Å². The van der Waals surface area contributed by atoms with Crippen molar-refractivity contribution in [1.29, 1.82) is 0 Å². The molecule has 0 radical (unpaired) electrons. The molecular weight excluding hydrogens is 316 g/mol. The second-order valence-electron chi connectivity index (χ2n) is 7.11.